The smallest absolute Gasteiger partial charge is 0.349 e. The van der Waals surface area contributed by atoms with E-state index in [2.05, 4.69) is 15.2 Å². The summed E-state index contributed by atoms with van der Waals surface area (Å²) in [5, 5.41) is 6.34. The zero-order chi connectivity index (χ0) is 22.3. The van der Waals surface area contributed by atoms with E-state index in [1.807, 2.05) is 0 Å². The van der Waals surface area contributed by atoms with Gasteiger partial charge in [0.15, 0.2) is 11.5 Å². The first-order chi connectivity index (χ1) is 14.8. The van der Waals surface area contributed by atoms with Gasteiger partial charge in [-0.3, -0.25) is 4.79 Å². The lowest BCUT2D eigenvalue weighted by Crippen LogP contribution is -2.37. The van der Waals surface area contributed by atoms with Gasteiger partial charge < -0.3 is 14.6 Å². The molecule has 0 saturated heterocycles. The van der Waals surface area contributed by atoms with Crippen molar-refractivity contribution in [3.8, 4) is 5.75 Å². The Morgan fingerprint density at radius 1 is 0.871 bits per heavy atom. The lowest BCUT2D eigenvalue weighted by molar-refractivity contribution is 0.0707. The molecular weight excluding hydrogens is 427 g/mol. The number of carbonyl (C=O) groups excluding carboxylic acids is 2. The van der Waals surface area contributed by atoms with E-state index in [0.29, 0.717) is 12.8 Å². The summed E-state index contributed by atoms with van der Waals surface area (Å²) in [5.41, 5.74) is -0.943. The van der Waals surface area contributed by atoms with Crippen molar-refractivity contribution >= 4 is 11.9 Å². The summed E-state index contributed by atoms with van der Waals surface area (Å²) in [5.74, 6) is -15.8. The van der Waals surface area contributed by atoms with Gasteiger partial charge >= 0.3 is 5.97 Å². The van der Waals surface area contributed by atoms with Crippen LogP contribution < -0.4 is 10.1 Å². The Bertz CT molecular complexity index is 1020. The van der Waals surface area contributed by atoms with Crippen LogP contribution in [0.25, 0.3) is 0 Å². The molecule has 0 aliphatic heterocycles. The van der Waals surface area contributed by atoms with Gasteiger partial charge in [-0.05, 0) is 25.7 Å². The summed E-state index contributed by atoms with van der Waals surface area (Å²) >= 11 is 0. The summed E-state index contributed by atoms with van der Waals surface area (Å²) in [6.07, 6.45) is 5.59. The molecule has 0 unspecified atom stereocenters. The number of aromatic nitrogens is 1. The van der Waals surface area contributed by atoms with Gasteiger partial charge in [0.25, 0.3) is 5.91 Å². The Hall–Kier alpha value is -2.98. The summed E-state index contributed by atoms with van der Waals surface area (Å²) in [4.78, 5) is 25.4. The molecule has 0 spiro atoms. The summed E-state index contributed by atoms with van der Waals surface area (Å²) in [6.45, 7) is 0. The minimum atomic E-state index is -2.38. The lowest BCUT2D eigenvalue weighted by Gasteiger charge is -2.22. The van der Waals surface area contributed by atoms with Crippen molar-refractivity contribution in [1.29, 1.82) is 0 Å². The topological polar surface area (TPSA) is 81.4 Å². The van der Waals surface area contributed by atoms with Gasteiger partial charge in [-0.2, -0.15) is 8.78 Å². The molecule has 1 N–H and O–H groups in total. The number of benzene rings is 1. The SMILES string of the molecule is O=C(NC1CCCCC1)c1noc(C2CC2)c1C(=O)Oc1c(F)c(F)c(F)c(F)c1F. The number of carbonyl (C=O) groups is 2. The quantitative estimate of drug-likeness (QED) is 0.241. The molecule has 1 amide bonds. The van der Waals surface area contributed by atoms with E-state index in [0.717, 1.165) is 32.1 Å². The fourth-order valence-corrected chi connectivity index (χ4v) is 3.60. The van der Waals surface area contributed by atoms with Crippen LogP contribution in [0.1, 0.15) is 77.5 Å². The molecule has 0 bridgehead atoms. The monoisotopic (exact) mass is 444 g/mol. The highest BCUT2D eigenvalue weighted by molar-refractivity contribution is 6.05. The van der Waals surface area contributed by atoms with Gasteiger partial charge in [0.05, 0.1) is 0 Å². The molecule has 11 heteroatoms. The molecule has 2 saturated carbocycles. The van der Waals surface area contributed by atoms with Crippen LogP contribution in [-0.4, -0.2) is 23.1 Å². The third-order valence-electron chi connectivity index (χ3n) is 5.39. The number of halogens is 5. The van der Waals surface area contributed by atoms with Crippen LogP contribution in [0, 0.1) is 29.1 Å². The molecule has 2 aromatic rings. The first-order valence-electron chi connectivity index (χ1n) is 9.83. The summed E-state index contributed by atoms with van der Waals surface area (Å²) in [7, 11) is 0. The van der Waals surface area contributed by atoms with Crippen LogP contribution in [0.3, 0.4) is 0 Å². The predicted molar refractivity (Wildman–Crippen MR) is 94.0 cm³/mol. The van der Waals surface area contributed by atoms with E-state index in [9.17, 15) is 31.5 Å². The van der Waals surface area contributed by atoms with E-state index >= 15 is 0 Å². The molecular formula is C20H17F5N2O4. The third kappa shape index (κ3) is 4.00. The zero-order valence-corrected chi connectivity index (χ0v) is 16.1. The van der Waals surface area contributed by atoms with Gasteiger partial charge in [-0.1, -0.05) is 24.4 Å². The van der Waals surface area contributed by atoms with Crippen molar-refractivity contribution < 1.29 is 40.8 Å². The van der Waals surface area contributed by atoms with E-state index in [4.69, 9.17) is 4.52 Å². The van der Waals surface area contributed by atoms with Gasteiger partial charge in [0.2, 0.25) is 34.8 Å². The van der Waals surface area contributed by atoms with Gasteiger partial charge in [-0.25, -0.2) is 18.0 Å². The number of esters is 1. The van der Waals surface area contributed by atoms with Gasteiger partial charge in [0.1, 0.15) is 5.56 Å². The first-order valence-corrected chi connectivity index (χ1v) is 9.83. The van der Waals surface area contributed by atoms with Crippen molar-refractivity contribution in [2.24, 2.45) is 0 Å². The molecule has 1 heterocycles. The Morgan fingerprint density at radius 3 is 2.03 bits per heavy atom. The fourth-order valence-electron chi connectivity index (χ4n) is 3.60. The molecule has 2 aliphatic carbocycles. The minimum Gasteiger partial charge on any atom is -0.416 e. The predicted octanol–water partition coefficient (Wildman–Crippen LogP) is 4.53. The minimum absolute atomic E-state index is 0.0253. The third-order valence-corrected chi connectivity index (χ3v) is 5.39. The average Bonchev–Trinajstić information content (AvgIpc) is 3.52. The normalized spacial score (nSPS) is 16.9. The highest BCUT2D eigenvalue weighted by Gasteiger charge is 2.39. The maximum Gasteiger partial charge on any atom is 0.349 e. The number of hydrogen-bond donors (Lipinski definition) is 1. The number of amides is 1. The maximum atomic E-state index is 13.9. The molecule has 2 fully saturated rings. The molecule has 2 aliphatic rings. The standard InChI is InChI=1S/C20H17F5N2O4/c21-11-12(22)14(24)18(15(25)13(11)23)30-20(29)10-16(27-31-17(10)8-6-7-8)19(28)26-9-4-2-1-3-5-9/h8-9H,1-7H2,(H,26,28). The number of ether oxygens (including phenoxy) is 1. The zero-order valence-electron chi connectivity index (χ0n) is 16.1. The number of hydrogen-bond acceptors (Lipinski definition) is 5. The largest absolute Gasteiger partial charge is 0.416 e. The van der Waals surface area contributed by atoms with Gasteiger partial charge in [-0.15, -0.1) is 0 Å². The van der Waals surface area contributed by atoms with Crippen LogP contribution in [0.4, 0.5) is 22.0 Å². The Kier molecular flexibility index (Phi) is 5.67. The molecule has 4 rings (SSSR count). The van der Waals surface area contributed by atoms with Crippen molar-refractivity contribution in [1.82, 2.24) is 10.5 Å². The van der Waals surface area contributed by atoms with Crippen molar-refractivity contribution in [3.05, 3.63) is 46.1 Å². The van der Waals surface area contributed by atoms with E-state index < -0.39 is 58.0 Å². The molecule has 31 heavy (non-hydrogen) atoms. The lowest BCUT2D eigenvalue weighted by atomic mass is 9.95. The highest BCUT2D eigenvalue weighted by Crippen LogP contribution is 2.43. The number of nitrogens with zero attached hydrogens (tertiary/aromatic N) is 1. The maximum absolute atomic E-state index is 13.9. The summed E-state index contributed by atoms with van der Waals surface area (Å²) < 4.78 is 77.6. The molecule has 0 atom stereocenters. The molecule has 1 aromatic carbocycles. The summed E-state index contributed by atoms with van der Waals surface area (Å²) in [6, 6.07) is -0.138. The second-order valence-electron chi connectivity index (χ2n) is 7.64. The first kappa shape index (κ1) is 21.3. The fraction of sp³-hybridized carbons (Fsp3) is 0.450. The molecule has 6 nitrogen and oxygen atoms in total. The molecule has 166 valence electrons. The van der Waals surface area contributed by atoms with E-state index in [-0.39, 0.29) is 17.7 Å². The van der Waals surface area contributed by atoms with Crippen LogP contribution in [-0.2, 0) is 0 Å². The van der Waals surface area contributed by atoms with Crippen LogP contribution in [0.5, 0.6) is 5.75 Å². The van der Waals surface area contributed by atoms with E-state index in [1.165, 1.54) is 0 Å². The second kappa shape index (κ2) is 8.27. The number of rotatable bonds is 5. The van der Waals surface area contributed by atoms with Crippen LogP contribution in [0.15, 0.2) is 4.52 Å². The Morgan fingerprint density at radius 2 is 1.45 bits per heavy atom. The van der Waals surface area contributed by atoms with Crippen LogP contribution >= 0.6 is 0 Å². The molecule has 0 radical (unpaired) electrons. The van der Waals surface area contributed by atoms with Gasteiger partial charge in [0, 0.05) is 12.0 Å². The highest BCUT2D eigenvalue weighted by atomic mass is 19.2. The van der Waals surface area contributed by atoms with E-state index in [1.54, 1.807) is 0 Å². The van der Waals surface area contributed by atoms with Crippen molar-refractivity contribution in [2.75, 3.05) is 0 Å². The average molecular weight is 444 g/mol. The molecule has 1 aromatic heterocycles. The second-order valence-corrected chi connectivity index (χ2v) is 7.64. The van der Waals surface area contributed by atoms with Crippen molar-refractivity contribution in [3.63, 3.8) is 0 Å². The Balaban J connectivity index is 1.65. The van der Waals surface area contributed by atoms with Crippen molar-refractivity contribution in [2.45, 2.75) is 56.9 Å². The number of nitrogens with one attached hydrogen (secondary N) is 1. The van der Waals surface area contributed by atoms with Crippen LogP contribution in [0.2, 0.25) is 0 Å². The Labute approximate surface area is 172 Å².